The molecule has 20 heavy (non-hydrogen) atoms. The summed E-state index contributed by atoms with van der Waals surface area (Å²) in [6, 6.07) is 0. The topological polar surface area (TPSA) is 82.6 Å². The molecule has 0 radical (unpaired) electrons. The Labute approximate surface area is 118 Å². The Morgan fingerprint density at radius 3 is 2.80 bits per heavy atom. The zero-order valence-corrected chi connectivity index (χ0v) is 12.1. The number of rotatable bonds is 5. The van der Waals surface area contributed by atoms with E-state index in [0.717, 1.165) is 26.3 Å². The van der Waals surface area contributed by atoms with Gasteiger partial charge in [0.15, 0.2) is 5.69 Å². The number of nitrogen functional groups attached to an aromatic ring is 1. The first-order valence-corrected chi connectivity index (χ1v) is 6.93. The summed E-state index contributed by atoms with van der Waals surface area (Å²) < 4.78 is 12.2. The Kier molecular flexibility index (Phi) is 4.97. The number of aromatic nitrogens is 2. The Bertz CT molecular complexity index is 466. The van der Waals surface area contributed by atoms with Gasteiger partial charge in [0.25, 0.3) is 0 Å². The van der Waals surface area contributed by atoms with Gasteiger partial charge in [-0.3, -0.25) is 9.58 Å². The summed E-state index contributed by atoms with van der Waals surface area (Å²) in [6.45, 7) is 8.59. The minimum atomic E-state index is -0.404. The molecule has 2 N–H and O–H groups in total. The van der Waals surface area contributed by atoms with Gasteiger partial charge in [-0.15, -0.1) is 0 Å². The number of nitrogens with zero attached hydrogens (tertiary/aromatic N) is 3. The predicted molar refractivity (Wildman–Crippen MR) is 74.6 cm³/mol. The number of nitrogens with two attached hydrogens (primary N) is 1. The molecule has 0 aromatic carbocycles. The second-order valence-electron chi connectivity index (χ2n) is 4.75. The third kappa shape index (κ3) is 3.29. The first-order chi connectivity index (χ1) is 9.63. The van der Waals surface area contributed by atoms with E-state index < -0.39 is 5.97 Å². The monoisotopic (exact) mass is 282 g/mol. The maximum Gasteiger partial charge on any atom is 0.358 e. The summed E-state index contributed by atoms with van der Waals surface area (Å²) in [5, 5.41) is 4.21. The highest BCUT2D eigenvalue weighted by Gasteiger charge is 2.20. The van der Waals surface area contributed by atoms with E-state index in [1.54, 1.807) is 11.6 Å². The van der Waals surface area contributed by atoms with Gasteiger partial charge >= 0.3 is 5.97 Å². The van der Waals surface area contributed by atoms with Crippen LogP contribution in [0, 0.1) is 6.92 Å². The van der Waals surface area contributed by atoms with Crippen LogP contribution in [0.4, 0.5) is 5.69 Å². The summed E-state index contributed by atoms with van der Waals surface area (Å²) in [5.74, 6) is -0.404. The number of carbonyl (C=O) groups is 1. The van der Waals surface area contributed by atoms with Gasteiger partial charge in [0.05, 0.1) is 24.6 Å². The molecule has 2 rings (SSSR count). The molecule has 1 aromatic heterocycles. The third-order valence-corrected chi connectivity index (χ3v) is 3.41. The summed E-state index contributed by atoms with van der Waals surface area (Å²) >= 11 is 0. The maximum absolute atomic E-state index is 12.1. The molecule has 0 saturated carbocycles. The lowest BCUT2D eigenvalue weighted by Crippen LogP contribution is -2.38. The van der Waals surface area contributed by atoms with Crippen LogP contribution in [0.5, 0.6) is 0 Å². The largest absolute Gasteiger partial charge is 0.460 e. The number of hydrogen-bond acceptors (Lipinski definition) is 6. The molecule has 7 heteroatoms. The van der Waals surface area contributed by atoms with E-state index in [4.69, 9.17) is 15.2 Å². The van der Waals surface area contributed by atoms with Gasteiger partial charge in [0.2, 0.25) is 0 Å². The first-order valence-electron chi connectivity index (χ1n) is 6.93. The number of anilines is 1. The van der Waals surface area contributed by atoms with E-state index in [2.05, 4.69) is 10.00 Å². The van der Waals surface area contributed by atoms with Crippen LogP contribution in [0.2, 0.25) is 0 Å². The molecule has 7 nitrogen and oxygen atoms in total. The fourth-order valence-electron chi connectivity index (χ4n) is 2.20. The lowest BCUT2D eigenvalue weighted by atomic mass is 10.3. The average Bonchev–Trinajstić information content (AvgIpc) is 2.75. The number of ether oxygens (including phenoxy) is 2. The van der Waals surface area contributed by atoms with Crippen LogP contribution in [0.25, 0.3) is 0 Å². The van der Waals surface area contributed by atoms with Crippen LogP contribution in [0.1, 0.15) is 23.1 Å². The smallest absolute Gasteiger partial charge is 0.358 e. The number of hydrogen-bond donors (Lipinski definition) is 1. The zero-order chi connectivity index (χ0) is 14.5. The van der Waals surface area contributed by atoms with Crippen LogP contribution in [0.3, 0.4) is 0 Å². The highest BCUT2D eigenvalue weighted by atomic mass is 16.5. The van der Waals surface area contributed by atoms with Gasteiger partial charge in [-0.2, -0.15) is 5.10 Å². The zero-order valence-electron chi connectivity index (χ0n) is 12.1. The predicted octanol–water partition coefficient (Wildman–Crippen LogP) is 0.283. The Hall–Kier alpha value is -1.60. The number of morpholine rings is 1. The van der Waals surface area contributed by atoms with E-state index in [1.165, 1.54) is 0 Å². The molecule has 2 heterocycles. The molecule has 112 valence electrons. The van der Waals surface area contributed by atoms with E-state index >= 15 is 0 Å². The van der Waals surface area contributed by atoms with Crippen LogP contribution in [0.15, 0.2) is 0 Å². The molecular weight excluding hydrogens is 260 g/mol. The molecule has 1 saturated heterocycles. The van der Waals surface area contributed by atoms with E-state index in [-0.39, 0.29) is 0 Å². The molecule has 1 fully saturated rings. The highest BCUT2D eigenvalue weighted by Crippen LogP contribution is 2.17. The van der Waals surface area contributed by atoms with Crippen LogP contribution < -0.4 is 5.73 Å². The van der Waals surface area contributed by atoms with Crippen molar-refractivity contribution in [3.63, 3.8) is 0 Å². The van der Waals surface area contributed by atoms with Crippen molar-refractivity contribution in [2.75, 3.05) is 45.2 Å². The van der Waals surface area contributed by atoms with Crippen molar-refractivity contribution < 1.29 is 14.3 Å². The Morgan fingerprint density at radius 2 is 2.15 bits per heavy atom. The Morgan fingerprint density at radius 1 is 1.45 bits per heavy atom. The molecular formula is C13H22N4O3. The minimum absolute atomic E-state index is 0.353. The second-order valence-corrected chi connectivity index (χ2v) is 4.75. The number of esters is 1. The SMILES string of the molecule is CCn1nc(C)c(N)c1C(=O)OCCN1CCOCC1. The minimum Gasteiger partial charge on any atom is -0.460 e. The molecule has 0 bridgehead atoms. The fourth-order valence-corrected chi connectivity index (χ4v) is 2.20. The number of aryl methyl sites for hydroxylation is 2. The summed E-state index contributed by atoms with van der Waals surface area (Å²) in [6.07, 6.45) is 0. The molecule has 0 amide bonds. The van der Waals surface area contributed by atoms with Gasteiger partial charge < -0.3 is 15.2 Å². The molecule has 0 atom stereocenters. The molecule has 0 spiro atoms. The summed E-state index contributed by atoms with van der Waals surface area (Å²) in [5.41, 5.74) is 7.30. The molecule has 0 aliphatic carbocycles. The quantitative estimate of drug-likeness (QED) is 0.781. The Balaban J connectivity index is 1.88. The van der Waals surface area contributed by atoms with Crippen molar-refractivity contribution in [2.45, 2.75) is 20.4 Å². The van der Waals surface area contributed by atoms with Crippen molar-refractivity contribution in [1.82, 2.24) is 14.7 Å². The van der Waals surface area contributed by atoms with Gasteiger partial charge in [-0.25, -0.2) is 4.79 Å². The summed E-state index contributed by atoms with van der Waals surface area (Å²) in [4.78, 5) is 14.3. The molecule has 0 unspecified atom stereocenters. The molecule has 1 aromatic rings. The van der Waals surface area contributed by atoms with Crippen molar-refractivity contribution >= 4 is 11.7 Å². The maximum atomic E-state index is 12.1. The molecule has 1 aliphatic heterocycles. The lowest BCUT2D eigenvalue weighted by Gasteiger charge is -2.26. The van der Waals surface area contributed by atoms with Gasteiger partial charge in [0.1, 0.15) is 6.61 Å². The van der Waals surface area contributed by atoms with Crippen LogP contribution in [-0.4, -0.2) is 60.1 Å². The van der Waals surface area contributed by atoms with Gasteiger partial charge in [-0.05, 0) is 13.8 Å². The second kappa shape index (κ2) is 6.71. The van der Waals surface area contributed by atoms with E-state index in [0.29, 0.717) is 36.8 Å². The van der Waals surface area contributed by atoms with E-state index in [1.807, 2.05) is 6.92 Å². The fraction of sp³-hybridized carbons (Fsp3) is 0.692. The lowest BCUT2D eigenvalue weighted by molar-refractivity contribution is 0.0191. The van der Waals surface area contributed by atoms with Crippen molar-refractivity contribution in [3.8, 4) is 0 Å². The molecule has 1 aliphatic rings. The van der Waals surface area contributed by atoms with Crippen molar-refractivity contribution in [3.05, 3.63) is 11.4 Å². The van der Waals surface area contributed by atoms with Gasteiger partial charge in [0, 0.05) is 26.2 Å². The summed E-state index contributed by atoms with van der Waals surface area (Å²) in [7, 11) is 0. The van der Waals surface area contributed by atoms with E-state index in [9.17, 15) is 4.79 Å². The van der Waals surface area contributed by atoms with Gasteiger partial charge in [-0.1, -0.05) is 0 Å². The van der Waals surface area contributed by atoms with Crippen molar-refractivity contribution in [2.24, 2.45) is 0 Å². The third-order valence-electron chi connectivity index (χ3n) is 3.41. The normalized spacial score (nSPS) is 16.3. The average molecular weight is 282 g/mol. The standard InChI is InChI=1S/C13H22N4O3/c1-3-17-12(11(14)10(2)15-17)13(18)20-9-6-16-4-7-19-8-5-16/h3-9,14H2,1-2H3. The van der Waals surface area contributed by atoms with Crippen LogP contribution >= 0.6 is 0 Å². The first kappa shape index (κ1) is 14.8. The highest BCUT2D eigenvalue weighted by molar-refractivity contribution is 5.93. The van der Waals surface area contributed by atoms with Crippen LogP contribution in [-0.2, 0) is 16.0 Å². The number of carbonyl (C=O) groups excluding carboxylic acids is 1. The van der Waals surface area contributed by atoms with Crippen molar-refractivity contribution in [1.29, 1.82) is 0 Å².